The zero-order valence-electron chi connectivity index (χ0n) is 12.7. The van der Waals surface area contributed by atoms with E-state index in [0.29, 0.717) is 12.3 Å². The normalized spacial score (nSPS) is 11.1. The number of nitrogens with zero attached hydrogens (tertiary/aromatic N) is 1. The van der Waals surface area contributed by atoms with Crippen molar-refractivity contribution in [2.45, 2.75) is 13.5 Å². The molecule has 0 radical (unpaired) electrons. The summed E-state index contributed by atoms with van der Waals surface area (Å²) < 4.78 is 5.25. The van der Waals surface area contributed by atoms with Gasteiger partial charge in [-0.2, -0.15) is 0 Å². The van der Waals surface area contributed by atoms with E-state index in [9.17, 15) is 9.59 Å². The molecule has 1 aromatic rings. The van der Waals surface area contributed by atoms with Gasteiger partial charge in [-0.15, -0.1) is 6.42 Å². The van der Waals surface area contributed by atoms with E-state index < -0.39 is 11.9 Å². The van der Waals surface area contributed by atoms with Gasteiger partial charge in [-0.1, -0.05) is 25.0 Å². The summed E-state index contributed by atoms with van der Waals surface area (Å²) in [5.41, 5.74) is 0.904. The van der Waals surface area contributed by atoms with Gasteiger partial charge in [0, 0.05) is 20.1 Å². The second kappa shape index (κ2) is 8.57. The molecule has 0 saturated carbocycles. The molecule has 1 rings (SSSR count). The number of amides is 2. The van der Waals surface area contributed by atoms with Crippen LogP contribution in [0.1, 0.15) is 12.5 Å². The Labute approximate surface area is 130 Å². The van der Waals surface area contributed by atoms with Crippen LogP contribution in [0.25, 0.3) is 0 Å². The molecule has 0 heterocycles. The highest BCUT2D eigenvalue weighted by atomic mass is 16.5. The molecule has 6 nitrogen and oxygen atoms in total. The molecule has 0 bridgehead atoms. The molecule has 0 saturated heterocycles. The molecule has 1 aromatic carbocycles. The van der Waals surface area contributed by atoms with Crippen molar-refractivity contribution < 1.29 is 19.4 Å². The maximum atomic E-state index is 11.9. The van der Waals surface area contributed by atoms with Crippen molar-refractivity contribution in [2.75, 3.05) is 20.2 Å². The quantitative estimate of drug-likeness (QED) is 0.749. The van der Waals surface area contributed by atoms with Crippen molar-refractivity contribution in [2.24, 2.45) is 5.92 Å². The standard InChI is InChI=1S/C16H20N2O4/c1-4-9-22-14-7-5-13(6-8-14)10-17-16(21)18(3)11-12(2)15(19)20/h1,5-8,12H,9-11H2,2-3H3,(H,17,21)(H,19,20). The zero-order chi connectivity index (χ0) is 16.5. The van der Waals surface area contributed by atoms with Gasteiger partial charge in [-0.3, -0.25) is 4.79 Å². The lowest BCUT2D eigenvalue weighted by Crippen LogP contribution is -2.40. The summed E-state index contributed by atoms with van der Waals surface area (Å²) in [6.45, 7) is 2.27. The van der Waals surface area contributed by atoms with E-state index in [2.05, 4.69) is 11.2 Å². The van der Waals surface area contributed by atoms with Crippen molar-refractivity contribution in [3.05, 3.63) is 29.8 Å². The Hall–Kier alpha value is -2.68. The van der Waals surface area contributed by atoms with Gasteiger partial charge >= 0.3 is 12.0 Å². The van der Waals surface area contributed by atoms with Crippen LogP contribution in [0.4, 0.5) is 4.79 Å². The molecule has 0 fully saturated rings. The number of rotatable bonds is 7. The number of carbonyl (C=O) groups excluding carboxylic acids is 1. The zero-order valence-corrected chi connectivity index (χ0v) is 12.7. The van der Waals surface area contributed by atoms with Crippen LogP contribution in [0.5, 0.6) is 5.75 Å². The highest BCUT2D eigenvalue weighted by Crippen LogP contribution is 2.12. The van der Waals surface area contributed by atoms with Gasteiger partial charge < -0.3 is 20.1 Å². The Morgan fingerprint density at radius 1 is 1.41 bits per heavy atom. The fourth-order valence-corrected chi connectivity index (χ4v) is 1.71. The number of aliphatic carboxylic acids is 1. The Morgan fingerprint density at radius 2 is 2.05 bits per heavy atom. The van der Waals surface area contributed by atoms with Crippen LogP contribution >= 0.6 is 0 Å². The topological polar surface area (TPSA) is 78.9 Å². The molecule has 0 aliphatic heterocycles. The second-order valence-electron chi connectivity index (χ2n) is 4.92. The maximum absolute atomic E-state index is 11.9. The molecule has 0 aromatic heterocycles. The van der Waals surface area contributed by atoms with E-state index in [1.54, 1.807) is 26.1 Å². The molecule has 1 unspecified atom stereocenters. The van der Waals surface area contributed by atoms with Gasteiger partial charge in [0.2, 0.25) is 0 Å². The largest absolute Gasteiger partial charge is 0.481 e. The van der Waals surface area contributed by atoms with Crippen molar-refractivity contribution in [1.82, 2.24) is 10.2 Å². The summed E-state index contributed by atoms with van der Waals surface area (Å²) in [6, 6.07) is 6.88. The molecule has 0 spiro atoms. The molecular formula is C16H20N2O4. The monoisotopic (exact) mass is 304 g/mol. The summed E-state index contributed by atoms with van der Waals surface area (Å²) in [6.07, 6.45) is 5.10. The smallest absolute Gasteiger partial charge is 0.317 e. The molecular weight excluding hydrogens is 284 g/mol. The third-order valence-electron chi connectivity index (χ3n) is 3.01. The highest BCUT2D eigenvalue weighted by molar-refractivity contribution is 5.75. The molecule has 2 amide bonds. The van der Waals surface area contributed by atoms with Crippen LogP contribution in [-0.4, -0.2) is 42.2 Å². The molecule has 0 aliphatic rings. The number of urea groups is 1. The molecule has 118 valence electrons. The summed E-state index contributed by atoms with van der Waals surface area (Å²) in [5.74, 6) is 1.51. The van der Waals surface area contributed by atoms with Crippen molar-refractivity contribution >= 4 is 12.0 Å². The number of hydrogen-bond acceptors (Lipinski definition) is 3. The predicted octanol–water partition coefficient (Wildman–Crippen LogP) is 1.56. The van der Waals surface area contributed by atoms with Crippen LogP contribution in [0.2, 0.25) is 0 Å². The number of ether oxygens (including phenoxy) is 1. The number of benzene rings is 1. The summed E-state index contributed by atoms with van der Waals surface area (Å²) in [4.78, 5) is 24.0. The van der Waals surface area contributed by atoms with Gasteiger partial charge in [0.05, 0.1) is 5.92 Å². The predicted molar refractivity (Wildman–Crippen MR) is 82.4 cm³/mol. The molecule has 6 heteroatoms. The van der Waals surface area contributed by atoms with Gasteiger partial charge in [-0.25, -0.2) is 4.79 Å². The lowest BCUT2D eigenvalue weighted by molar-refractivity contribution is -0.141. The van der Waals surface area contributed by atoms with Gasteiger partial charge in [-0.05, 0) is 17.7 Å². The van der Waals surface area contributed by atoms with Crippen LogP contribution in [0.3, 0.4) is 0 Å². The fraction of sp³-hybridized carbons (Fsp3) is 0.375. The van der Waals surface area contributed by atoms with E-state index in [1.165, 1.54) is 4.90 Å². The van der Waals surface area contributed by atoms with Gasteiger partial charge in [0.25, 0.3) is 0 Å². The van der Waals surface area contributed by atoms with Crippen LogP contribution in [0.15, 0.2) is 24.3 Å². The number of carboxylic acid groups (broad SMARTS) is 1. The molecule has 1 atom stereocenters. The van der Waals surface area contributed by atoms with E-state index in [0.717, 1.165) is 5.56 Å². The minimum Gasteiger partial charge on any atom is -0.481 e. The Bertz CT molecular complexity index is 548. The molecule has 0 aliphatic carbocycles. The van der Waals surface area contributed by atoms with Crippen molar-refractivity contribution in [1.29, 1.82) is 0 Å². The Kier molecular flexibility index (Phi) is 6.77. The SMILES string of the molecule is C#CCOc1ccc(CNC(=O)N(C)CC(C)C(=O)O)cc1. The Balaban J connectivity index is 2.43. The summed E-state index contributed by atoms with van der Waals surface area (Å²) >= 11 is 0. The van der Waals surface area contributed by atoms with Gasteiger partial charge in [0.1, 0.15) is 12.4 Å². The average Bonchev–Trinajstić information content (AvgIpc) is 2.51. The third-order valence-corrected chi connectivity index (χ3v) is 3.01. The number of hydrogen-bond donors (Lipinski definition) is 2. The van der Waals surface area contributed by atoms with Crippen LogP contribution in [0, 0.1) is 18.3 Å². The molecule has 22 heavy (non-hydrogen) atoms. The lowest BCUT2D eigenvalue weighted by atomic mass is 10.2. The number of nitrogens with one attached hydrogen (secondary N) is 1. The first kappa shape index (κ1) is 17.4. The number of carboxylic acids is 1. The van der Waals surface area contributed by atoms with Crippen molar-refractivity contribution in [3.63, 3.8) is 0 Å². The highest BCUT2D eigenvalue weighted by Gasteiger charge is 2.16. The first-order valence-corrected chi connectivity index (χ1v) is 6.81. The first-order chi connectivity index (χ1) is 10.4. The van der Waals surface area contributed by atoms with E-state index in [1.807, 2.05) is 12.1 Å². The number of terminal acetylenes is 1. The maximum Gasteiger partial charge on any atom is 0.317 e. The lowest BCUT2D eigenvalue weighted by Gasteiger charge is -2.20. The van der Waals surface area contributed by atoms with E-state index in [4.69, 9.17) is 16.3 Å². The summed E-state index contributed by atoms with van der Waals surface area (Å²) in [5, 5.41) is 11.6. The Morgan fingerprint density at radius 3 is 2.59 bits per heavy atom. The van der Waals surface area contributed by atoms with Gasteiger partial charge in [0.15, 0.2) is 0 Å². The number of carbonyl (C=O) groups is 2. The average molecular weight is 304 g/mol. The van der Waals surface area contributed by atoms with E-state index in [-0.39, 0.29) is 19.2 Å². The third kappa shape index (κ3) is 5.75. The molecule has 2 N–H and O–H groups in total. The van der Waals surface area contributed by atoms with Crippen LogP contribution in [-0.2, 0) is 11.3 Å². The second-order valence-corrected chi connectivity index (χ2v) is 4.92. The minimum atomic E-state index is -0.929. The first-order valence-electron chi connectivity index (χ1n) is 6.81. The fourth-order valence-electron chi connectivity index (χ4n) is 1.71. The minimum absolute atomic E-state index is 0.153. The summed E-state index contributed by atoms with van der Waals surface area (Å²) in [7, 11) is 1.56. The van der Waals surface area contributed by atoms with Crippen molar-refractivity contribution in [3.8, 4) is 18.1 Å². The van der Waals surface area contributed by atoms with Crippen LogP contribution < -0.4 is 10.1 Å². The van der Waals surface area contributed by atoms with E-state index >= 15 is 0 Å².